The average Bonchev–Trinajstić information content (AvgIpc) is 2.47. The van der Waals surface area contributed by atoms with Crippen LogP contribution < -0.4 is 4.90 Å². The zero-order valence-electron chi connectivity index (χ0n) is 11.5. The van der Waals surface area contributed by atoms with E-state index in [2.05, 4.69) is 4.74 Å². The summed E-state index contributed by atoms with van der Waals surface area (Å²) >= 11 is 16.3. The van der Waals surface area contributed by atoms with Crippen molar-refractivity contribution in [3.8, 4) is 0 Å². The molecule has 5 nitrogen and oxygen atoms in total. The average molecular weight is 365 g/mol. The lowest BCUT2D eigenvalue weighted by molar-refractivity contribution is -0.153. The molecule has 0 saturated heterocycles. The van der Waals surface area contributed by atoms with Crippen molar-refractivity contribution in [2.24, 2.45) is 0 Å². The molecule has 1 rings (SSSR count). The molecule has 0 spiro atoms. The molecular weight excluding hydrogens is 353 g/mol. The Bertz CT molecular complexity index is 582. The summed E-state index contributed by atoms with van der Waals surface area (Å²) in [7, 11) is 0. The van der Waals surface area contributed by atoms with Crippen molar-refractivity contribution in [2.75, 3.05) is 11.5 Å². The topological polar surface area (TPSA) is 63.7 Å². The minimum atomic E-state index is -2.15. The van der Waals surface area contributed by atoms with Crippen LogP contribution in [0.25, 0.3) is 0 Å². The zero-order valence-corrected chi connectivity index (χ0v) is 13.7. The molecule has 8 heteroatoms. The number of ether oxygens (including phenoxy) is 1. The van der Waals surface area contributed by atoms with Gasteiger partial charge in [-0.15, -0.1) is 0 Å². The van der Waals surface area contributed by atoms with E-state index in [0.29, 0.717) is 5.69 Å². The fraction of sp³-hybridized carbons (Fsp3) is 0.214. The van der Waals surface area contributed by atoms with Gasteiger partial charge in [-0.3, -0.25) is 14.5 Å². The van der Waals surface area contributed by atoms with E-state index in [1.54, 1.807) is 37.3 Å². The Kier molecular flexibility index (Phi) is 6.87. The van der Waals surface area contributed by atoms with Crippen LogP contribution in [0, 0.1) is 0 Å². The van der Waals surface area contributed by atoms with Crippen LogP contribution >= 0.6 is 34.8 Å². The molecule has 0 atom stereocenters. The second-order valence-corrected chi connectivity index (χ2v) is 6.19. The molecule has 0 unspecified atom stereocenters. The van der Waals surface area contributed by atoms with Gasteiger partial charge in [-0.2, -0.15) is 0 Å². The minimum absolute atomic E-state index is 0.0456. The van der Waals surface area contributed by atoms with Crippen molar-refractivity contribution in [1.29, 1.82) is 0 Å². The lowest BCUT2D eigenvalue weighted by Crippen LogP contribution is -2.34. The van der Waals surface area contributed by atoms with Gasteiger partial charge in [0.1, 0.15) is 0 Å². The monoisotopic (exact) mass is 363 g/mol. The third kappa shape index (κ3) is 5.33. The van der Waals surface area contributed by atoms with E-state index in [4.69, 9.17) is 34.8 Å². The third-order valence-corrected chi connectivity index (χ3v) is 2.92. The second-order valence-electron chi connectivity index (χ2n) is 3.91. The maximum Gasteiger partial charge on any atom is 0.397 e. The summed E-state index contributed by atoms with van der Waals surface area (Å²) in [5.41, 5.74) is 0.355. The standard InChI is InChI=1S/C14H12Cl3NO4/c1-2-22-13(21)12(20)18(10-6-4-3-5-7-10)9-8-11(19)14(15,16)17/h3-9H,2H2,1H3/b9-8+. The molecule has 1 aromatic rings. The number of rotatable bonds is 4. The van der Waals surface area contributed by atoms with Crippen molar-refractivity contribution in [1.82, 2.24) is 0 Å². The van der Waals surface area contributed by atoms with Gasteiger partial charge in [0.2, 0.25) is 5.78 Å². The molecule has 0 fully saturated rings. The van der Waals surface area contributed by atoms with Gasteiger partial charge in [0.05, 0.1) is 6.61 Å². The highest BCUT2D eigenvalue weighted by atomic mass is 35.6. The number of ketones is 1. The van der Waals surface area contributed by atoms with Crippen LogP contribution in [0.4, 0.5) is 5.69 Å². The number of para-hydroxylation sites is 1. The Morgan fingerprint density at radius 1 is 1.18 bits per heavy atom. The van der Waals surface area contributed by atoms with Crippen molar-refractivity contribution in [3.63, 3.8) is 0 Å². The number of carbonyl (C=O) groups is 3. The van der Waals surface area contributed by atoms with E-state index in [1.807, 2.05) is 0 Å². The number of hydrogen-bond donors (Lipinski definition) is 0. The van der Waals surface area contributed by atoms with Crippen LogP contribution in [0.2, 0.25) is 0 Å². The van der Waals surface area contributed by atoms with Crippen molar-refractivity contribution in [2.45, 2.75) is 10.7 Å². The lowest BCUT2D eigenvalue weighted by atomic mass is 10.3. The molecule has 0 aromatic heterocycles. The first-order valence-corrected chi connectivity index (χ1v) is 7.25. The molecule has 0 aliphatic rings. The van der Waals surface area contributed by atoms with E-state index in [1.165, 1.54) is 0 Å². The fourth-order valence-electron chi connectivity index (χ4n) is 1.39. The van der Waals surface area contributed by atoms with Gasteiger partial charge in [0.15, 0.2) is 0 Å². The predicted molar refractivity (Wildman–Crippen MR) is 85.0 cm³/mol. The summed E-state index contributed by atoms with van der Waals surface area (Å²) in [5.74, 6) is -2.88. The smallest absolute Gasteiger partial charge is 0.397 e. The molecule has 0 heterocycles. The Labute approximate surface area is 142 Å². The Morgan fingerprint density at radius 2 is 1.77 bits per heavy atom. The van der Waals surface area contributed by atoms with Gasteiger partial charge in [0, 0.05) is 18.0 Å². The second kappa shape index (κ2) is 8.17. The molecule has 118 valence electrons. The third-order valence-electron chi connectivity index (χ3n) is 2.36. The SMILES string of the molecule is CCOC(=O)C(=O)N(/C=C/C(=O)C(Cl)(Cl)Cl)c1ccccc1. The summed E-state index contributed by atoms with van der Waals surface area (Å²) in [6.07, 6.45) is 1.95. The summed E-state index contributed by atoms with van der Waals surface area (Å²) in [6, 6.07) is 8.19. The molecular formula is C14H12Cl3NO4. The highest BCUT2D eigenvalue weighted by Gasteiger charge is 2.29. The van der Waals surface area contributed by atoms with Crippen LogP contribution in [-0.2, 0) is 19.1 Å². The summed E-state index contributed by atoms with van der Waals surface area (Å²) in [6.45, 7) is 1.62. The van der Waals surface area contributed by atoms with Gasteiger partial charge in [-0.25, -0.2) is 4.79 Å². The number of amides is 1. The number of halogens is 3. The van der Waals surface area contributed by atoms with Crippen molar-refractivity contribution < 1.29 is 19.1 Å². The molecule has 0 N–H and O–H groups in total. The van der Waals surface area contributed by atoms with Gasteiger partial charge in [-0.05, 0) is 19.1 Å². The van der Waals surface area contributed by atoms with Gasteiger partial charge in [-0.1, -0.05) is 53.0 Å². The largest absolute Gasteiger partial charge is 0.459 e. The first-order chi connectivity index (χ1) is 10.3. The van der Waals surface area contributed by atoms with E-state index in [9.17, 15) is 14.4 Å². The van der Waals surface area contributed by atoms with Crippen LogP contribution in [-0.4, -0.2) is 28.1 Å². The highest BCUT2D eigenvalue weighted by molar-refractivity contribution is 6.77. The number of esters is 1. The maximum atomic E-state index is 12.1. The van der Waals surface area contributed by atoms with E-state index < -0.39 is 21.5 Å². The van der Waals surface area contributed by atoms with Gasteiger partial charge in [0.25, 0.3) is 3.79 Å². The van der Waals surface area contributed by atoms with Gasteiger partial charge >= 0.3 is 11.9 Å². The van der Waals surface area contributed by atoms with Crippen LogP contribution in [0.5, 0.6) is 0 Å². The molecule has 0 saturated carbocycles. The number of anilines is 1. The number of benzene rings is 1. The molecule has 1 aromatic carbocycles. The predicted octanol–water partition coefficient (Wildman–Crippen LogP) is 3.04. The Hall–Kier alpha value is -1.56. The van der Waals surface area contributed by atoms with Crippen molar-refractivity contribution in [3.05, 3.63) is 42.6 Å². The van der Waals surface area contributed by atoms with E-state index >= 15 is 0 Å². The molecule has 1 amide bonds. The van der Waals surface area contributed by atoms with Crippen LogP contribution in [0.1, 0.15) is 6.92 Å². The van der Waals surface area contributed by atoms with Crippen molar-refractivity contribution >= 4 is 58.1 Å². The zero-order chi connectivity index (χ0) is 16.8. The van der Waals surface area contributed by atoms with E-state index in [0.717, 1.165) is 17.2 Å². The Morgan fingerprint density at radius 3 is 2.27 bits per heavy atom. The summed E-state index contributed by atoms with van der Waals surface area (Å²) in [5, 5.41) is 0. The molecule has 0 aliphatic carbocycles. The number of hydrogen-bond acceptors (Lipinski definition) is 4. The quantitative estimate of drug-likeness (QED) is 0.356. The first-order valence-electron chi connectivity index (χ1n) is 6.12. The summed E-state index contributed by atoms with van der Waals surface area (Å²) in [4.78, 5) is 36.2. The van der Waals surface area contributed by atoms with Crippen LogP contribution in [0.3, 0.4) is 0 Å². The molecule has 0 bridgehead atoms. The van der Waals surface area contributed by atoms with E-state index in [-0.39, 0.29) is 6.61 Å². The fourth-order valence-corrected chi connectivity index (χ4v) is 1.58. The minimum Gasteiger partial charge on any atom is -0.459 e. The number of carbonyl (C=O) groups excluding carboxylic acids is 3. The Balaban J connectivity index is 3.08. The number of allylic oxidation sites excluding steroid dienone is 1. The number of nitrogens with zero attached hydrogens (tertiary/aromatic N) is 1. The molecule has 22 heavy (non-hydrogen) atoms. The normalized spacial score (nSPS) is 11.3. The molecule has 0 radical (unpaired) electrons. The number of alkyl halides is 3. The maximum absolute atomic E-state index is 12.1. The lowest BCUT2D eigenvalue weighted by Gasteiger charge is -2.17. The molecule has 0 aliphatic heterocycles. The van der Waals surface area contributed by atoms with Gasteiger partial charge < -0.3 is 4.74 Å². The van der Waals surface area contributed by atoms with Crippen LogP contribution in [0.15, 0.2) is 42.6 Å². The first kappa shape index (κ1) is 18.5. The summed E-state index contributed by atoms with van der Waals surface area (Å²) < 4.78 is 2.51. The highest BCUT2D eigenvalue weighted by Crippen LogP contribution is 2.27.